The highest BCUT2D eigenvalue weighted by Gasteiger charge is 2.76. The molecule has 2 N–H and O–H groups in total. The van der Waals surface area contributed by atoms with E-state index in [1.165, 1.54) is 25.7 Å². The van der Waals surface area contributed by atoms with Gasteiger partial charge in [-0.1, -0.05) is 54.4 Å². The molecule has 0 saturated heterocycles. The van der Waals surface area contributed by atoms with E-state index >= 15 is 0 Å². The highest BCUT2D eigenvalue weighted by atomic mass is 16.2. The molecule has 28 heavy (non-hydrogen) atoms. The van der Waals surface area contributed by atoms with Crippen LogP contribution in [0.3, 0.4) is 0 Å². The summed E-state index contributed by atoms with van der Waals surface area (Å²) in [7, 11) is 0. The molecule has 158 valence electrons. The molecular formula is C24H40N2O2. The van der Waals surface area contributed by atoms with E-state index in [2.05, 4.69) is 52.2 Å². The molecule has 4 nitrogen and oxygen atoms in total. The summed E-state index contributed by atoms with van der Waals surface area (Å²) in [5.74, 6) is 2.76. The van der Waals surface area contributed by atoms with E-state index in [1.54, 1.807) is 0 Å². The molecule has 2 amide bonds. The van der Waals surface area contributed by atoms with Crippen molar-refractivity contribution in [3.63, 3.8) is 0 Å². The molecule has 4 heteroatoms. The van der Waals surface area contributed by atoms with Crippen molar-refractivity contribution in [2.24, 2.45) is 45.3 Å². The fourth-order valence-electron chi connectivity index (χ4n) is 7.92. The molecule has 0 radical (unpaired) electrons. The summed E-state index contributed by atoms with van der Waals surface area (Å²) in [6.45, 7) is 14.7. The van der Waals surface area contributed by atoms with Crippen LogP contribution in [0, 0.1) is 45.3 Å². The van der Waals surface area contributed by atoms with Gasteiger partial charge in [0.05, 0.1) is 10.8 Å². The molecule has 4 fully saturated rings. The fourth-order valence-corrected chi connectivity index (χ4v) is 7.92. The maximum absolute atomic E-state index is 13.1. The van der Waals surface area contributed by atoms with Crippen LogP contribution < -0.4 is 10.6 Å². The molecule has 0 aromatic rings. The van der Waals surface area contributed by atoms with Crippen molar-refractivity contribution in [1.29, 1.82) is 0 Å². The van der Waals surface area contributed by atoms with Crippen LogP contribution in [-0.4, -0.2) is 24.9 Å². The third-order valence-corrected chi connectivity index (χ3v) is 9.81. The maximum Gasteiger partial charge on any atom is 0.227 e. The number of hydrogen-bond donors (Lipinski definition) is 2. The van der Waals surface area contributed by atoms with Crippen LogP contribution in [-0.2, 0) is 9.59 Å². The number of carbonyl (C=O) groups excluding carboxylic acids is 2. The normalized spacial score (nSPS) is 44.6. The average Bonchev–Trinajstić information content (AvgIpc) is 3.34. The molecule has 4 rings (SSSR count). The Balaban J connectivity index is 1.30. The van der Waals surface area contributed by atoms with Crippen molar-refractivity contribution in [1.82, 2.24) is 10.6 Å². The molecule has 0 heterocycles. The van der Waals surface area contributed by atoms with E-state index in [1.807, 2.05) is 0 Å². The van der Waals surface area contributed by atoms with Crippen LogP contribution >= 0.6 is 0 Å². The highest BCUT2D eigenvalue weighted by molar-refractivity contribution is 5.89. The number of rotatable bonds is 5. The van der Waals surface area contributed by atoms with Gasteiger partial charge >= 0.3 is 0 Å². The Bertz CT molecular complexity index is 626. The van der Waals surface area contributed by atoms with Gasteiger partial charge in [0.2, 0.25) is 11.8 Å². The molecule has 6 atom stereocenters. The van der Waals surface area contributed by atoms with Crippen molar-refractivity contribution in [2.75, 3.05) is 13.1 Å². The summed E-state index contributed by atoms with van der Waals surface area (Å²) in [6, 6.07) is 0. The van der Waals surface area contributed by atoms with Crippen LogP contribution in [0.4, 0.5) is 0 Å². The smallest absolute Gasteiger partial charge is 0.227 e. The van der Waals surface area contributed by atoms with E-state index in [-0.39, 0.29) is 33.5 Å². The lowest BCUT2D eigenvalue weighted by atomic mass is 9.79. The molecule has 6 unspecified atom stereocenters. The lowest BCUT2D eigenvalue weighted by molar-refractivity contribution is -0.131. The molecule has 4 aliphatic rings. The van der Waals surface area contributed by atoms with Crippen LogP contribution in [0.2, 0.25) is 0 Å². The largest absolute Gasteiger partial charge is 0.354 e. The molecule has 0 aliphatic heterocycles. The minimum absolute atomic E-state index is 0.119. The third-order valence-electron chi connectivity index (χ3n) is 9.81. The zero-order valence-electron chi connectivity index (χ0n) is 18.8. The van der Waals surface area contributed by atoms with Crippen molar-refractivity contribution in [3.8, 4) is 0 Å². The topological polar surface area (TPSA) is 58.2 Å². The standard InChI is InChI=1S/C24H40N2O2/c1-15-7-9-17-21(3,4)23(17,13-15)19(27)25-11-12-26-20(28)24-14-16(2)8-10-18(24)22(24,5)6/h15-18H,7-14H2,1-6H3,(H,25,27)(H,26,28). The van der Waals surface area contributed by atoms with Crippen molar-refractivity contribution in [3.05, 3.63) is 0 Å². The quantitative estimate of drug-likeness (QED) is 0.695. The SMILES string of the molecule is CC1CCC2C(C)(C)C2(C(=O)NCCNC(=O)C23CC(C)CCC2C3(C)C)C1. The first kappa shape index (κ1) is 20.2. The van der Waals surface area contributed by atoms with Crippen LogP contribution in [0.5, 0.6) is 0 Å². The zero-order valence-corrected chi connectivity index (χ0v) is 18.8. The van der Waals surface area contributed by atoms with Gasteiger partial charge in [0.25, 0.3) is 0 Å². The Hall–Kier alpha value is -1.06. The lowest BCUT2D eigenvalue weighted by Crippen LogP contribution is -2.44. The van der Waals surface area contributed by atoms with E-state index in [0.29, 0.717) is 36.8 Å². The molecule has 0 aromatic carbocycles. The van der Waals surface area contributed by atoms with Gasteiger partial charge in [-0.15, -0.1) is 0 Å². The van der Waals surface area contributed by atoms with Crippen molar-refractivity contribution in [2.45, 2.75) is 80.1 Å². The minimum atomic E-state index is -0.171. The number of fused-ring (bicyclic) bond motifs is 2. The zero-order chi connectivity index (χ0) is 20.5. The highest BCUT2D eigenvalue weighted by Crippen LogP contribution is 2.76. The van der Waals surface area contributed by atoms with E-state index in [9.17, 15) is 9.59 Å². The first-order valence-electron chi connectivity index (χ1n) is 11.6. The number of hydrogen-bond acceptors (Lipinski definition) is 2. The van der Waals surface area contributed by atoms with Crippen molar-refractivity contribution < 1.29 is 9.59 Å². The molecule has 4 aliphatic carbocycles. The first-order chi connectivity index (χ1) is 13.0. The van der Waals surface area contributed by atoms with Crippen LogP contribution in [0.1, 0.15) is 80.1 Å². The predicted molar refractivity (Wildman–Crippen MR) is 111 cm³/mol. The van der Waals surface area contributed by atoms with Gasteiger partial charge in [0.15, 0.2) is 0 Å². The summed E-state index contributed by atoms with van der Waals surface area (Å²) in [6.07, 6.45) is 6.87. The molecule has 4 saturated carbocycles. The van der Waals surface area contributed by atoms with Crippen LogP contribution in [0.25, 0.3) is 0 Å². The molecular weight excluding hydrogens is 348 g/mol. The van der Waals surface area contributed by atoms with Crippen LogP contribution in [0.15, 0.2) is 0 Å². The Morgan fingerprint density at radius 1 is 0.714 bits per heavy atom. The number of nitrogens with one attached hydrogen (secondary N) is 2. The maximum atomic E-state index is 13.1. The third kappa shape index (κ3) is 2.48. The van der Waals surface area contributed by atoms with E-state index in [0.717, 1.165) is 12.8 Å². The van der Waals surface area contributed by atoms with Gasteiger partial charge in [-0.3, -0.25) is 9.59 Å². The second kappa shape index (κ2) is 6.22. The Kier molecular flexibility index (Phi) is 4.49. The second-order valence-electron chi connectivity index (χ2n) is 11.8. The number of carbonyl (C=O) groups is 2. The lowest BCUT2D eigenvalue weighted by Gasteiger charge is -2.28. The average molecular weight is 389 g/mol. The molecule has 0 aromatic heterocycles. The van der Waals surface area contributed by atoms with E-state index < -0.39 is 0 Å². The van der Waals surface area contributed by atoms with Gasteiger partial charge in [-0.05, 0) is 60.2 Å². The van der Waals surface area contributed by atoms with Gasteiger partial charge < -0.3 is 10.6 Å². The number of amides is 2. The first-order valence-corrected chi connectivity index (χ1v) is 11.6. The Morgan fingerprint density at radius 2 is 1.07 bits per heavy atom. The van der Waals surface area contributed by atoms with Crippen molar-refractivity contribution >= 4 is 11.8 Å². The summed E-state index contributed by atoms with van der Waals surface area (Å²) in [4.78, 5) is 26.1. The van der Waals surface area contributed by atoms with Gasteiger partial charge in [-0.2, -0.15) is 0 Å². The molecule has 0 spiro atoms. The van der Waals surface area contributed by atoms with Gasteiger partial charge in [0, 0.05) is 13.1 Å². The fraction of sp³-hybridized carbons (Fsp3) is 0.917. The minimum Gasteiger partial charge on any atom is -0.354 e. The summed E-state index contributed by atoms with van der Waals surface area (Å²) in [5.41, 5.74) is -0.105. The molecule has 0 bridgehead atoms. The summed E-state index contributed by atoms with van der Waals surface area (Å²) < 4.78 is 0. The second-order valence-corrected chi connectivity index (χ2v) is 11.8. The monoisotopic (exact) mass is 388 g/mol. The van der Waals surface area contributed by atoms with Gasteiger partial charge in [-0.25, -0.2) is 0 Å². The van der Waals surface area contributed by atoms with E-state index in [4.69, 9.17) is 0 Å². The summed E-state index contributed by atoms with van der Waals surface area (Å²) >= 11 is 0. The Morgan fingerprint density at radius 3 is 1.43 bits per heavy atom. The summed E-state index contributed by atoms with van der Waals surface area (Å²) in [5, 5.41) is 6.34. The van der Waals surface area contributed by atoms with Gasteiger partial charge in [0.1, 0.15) is 0 Å². The Labute approximate surface area is 171 Å². The predicted octanol–water partition coefficient (Wildman–Crippen LogP) is 4.14.